The summed E-state index contributed by atoms with van der Waals surface area (Å²) in [7, 11) is 0. The van der Waals surface area contributed by atoms with E-state index < -0.39 is 0 Å². The fraction of sp³-hybridized carbons (Fsp3) is 0.857. The molecule has 1 aliphatic rings. The second-order valence-corrected chi connectivity index (χ2v) is 3.26. The summed E-state index contributed by atoms with van der Waals surface area (Å²) in [6.07, 6.45) is 2.91. The van der Waals surface area contributed by atoms with Crippen LogP contribution in [-0.4, -0.2) is 39.4 Å². The van der Waals surface area contributed by atoms with E-state index in [-0.39, 0.29) is 6.10 Å². The van der Waals surface area contributed by atoms with E-state index in [1.807, 2.05) is 0 Å². The smallest absolute Gasteiger partial charge is 0.263 e. The van der Waals surface area contributed by atoms with Crippen LogP contribution in [0.1, 0.15) is 19.8 Å². The summed E-state index contributed by atoms with van der Waals surface area (Å²) in [5.41, 5.74) is 0. The van der Waals surface area contributed by atoms with Crippen molar-refractivity contribution in [3.8, 4) is 0 Å². The number of anilines is 1. The summed E-state index contributed by atoms with van der Waals surface area (Å²) in [6, 6.07) is 0. The Hall–Kier alpha value is -1.17. The summed E-state index contributed by atoms with van der Waals surface area (Å²) in [5, 5.41) is 16.4. The van der Waals surface area contributed by atoms with E-state index in [9.17, 15) is 0 Å². The molecule has 6 heteroatoms. The molecule has 6 nitrogen and oxygen atoms in total. The Morgan fingerprint density at radius 3 is 3.15 bits per heavy atom. The molecule has 2 unspecified atom stereocenters. The molecule has 0 radical (unpaired) electrons. The summed E-state index contributed by atoms with van der Waals surface area (Å²) >= 11 is 0. The van der Waals surface area contributed by atoms with Gasteiger partial charge in [0.2, 0.25) is 0 Å². The lowest BCUT2D eigenvalue weighted by Crippen LogP contribution is -2.20. The van der Waals surface area contributed by atoms with Crippen LogP contribution in [-0.2, 0) is 4.74 Å². The van der Waals surface area contributed by atoms with Crippen LogP contribution >= 0.6 is 0 Å². The summed E-state index contributed by atoms with van der Waals surface area (Å²) in [6.45, 7) is 2.85. The van der Waals surface area contributed by atoms with E-state index in [4.69, 9.17) is 4.74 Å². The van der Waals surface area contributed by atoms with E-state index in [2.05, 4.69) is 32.9 Å². The van der Waals surface area contributed by atoms with Gasteiger partial charge in [-0.15, -0.1) is 5.10 Å². The van der Waals surface area contributed by atoms with Gasteiger partial charge in [-0.05, 0) is 25.0 Å². The van der Waals surface area contributed by atoms with Gasteiger partial charge in [0.15, 0.2) is 0 Å². The molecular weight excluding hydrogens is 170 g/mol. The fourth-order valence-electron chi connectivity index (χ4n) is 1.48. The molecule has 72 valence electrons. The van der Waals surface area contributed by atoms with Gasteiger partial charge in [-0.2, -0.15) is 5.21 Å². The van der Waals surface area contributed by atoms with Crippen molar-refractivity contribution >= 4 is 5.95 Å². The minimum absolute atomic E-state index is 0.286. The number of aromatic amines is 1. The third kappa shape index (κ3) is 2.15. The van der Waals surface area contributed by atoms with Crippen molar-refractivity contribution in [1.82, 2.24) is 20.6 Å². The van der Waals surface area contributed by atoms with Crippen LogP contribution in [0.5, 0.6) is 0 Å². The molecule has 1 saturated heterocycles. The minimum atomic E-state index is 0.286. The molecule has 1 fully saturated rings. The van der Waals surface area contributed by atoms with E-state index >= 15 is 0 Å². The van der Waals surface area contributed by atoms with Crippen LogP contribution in [0.3, 0.4) is 0 Å². The summed E-state index contributed by atoms with van der Waals surface area (Å²) in [5.74, 6) is 0.531. The molecular formula is C7H13N5O. The number of hydrogen-bond donors (Lipinski definition) is 2. The van der Waals surface area contributed by atoms with Gasteiger partial charge in [0.1, 0.15) is 0 Å². The lowest BCUT2D eigenvalue weighted by atomic mass is 10.2. The molecule has 0 spiro atoms. The van der Waals surface area contributed by atoms with Gasteiger partial charge in [-0.3, -0.25) is 0 Å². The topological polar surface area (TPSA) is 75.7 Å². The highest BCUT2D eigenvalue weighted by Crippen LogP contribution is 2.18. The van der Waals surface area contributed by atoms with Crippen LogP contribution < -0.4 is 5.32 Å². The van der Waals surface area contributed by atoms with Crippen LogP contribution in [0, 0.1) is 0 Å². The van der Waals surface area contributed by atoms with Crippen molar-refractivity contribution in [2.75, 3.05) is 11.9 Å². The van der Waals surface area contributed by atoms with Crippen LogP contribution in [0.15, 0.2) is 0 Å². The molecule has 2 atom stereocenters. The summed E-state index contributed by atoms with van der Waals surface area (Å²) < 4.78 is 5.61. The van der Waals surface area contributed by atoms with Gasteiger partial charge >= 0.3 is 0 Å². The Labute approximate surface area is 76.1 Å². The zero-order valence-electron chi connectivity index (χ0n) is 7.53. The third-order valence-electron chi connectivity index (χ3n) is 2.15. The first-order valence-corrected chi connectivity index (χ1v) is 4.47. The average molecular weight is 183 g/mol. The maximum Gasteiger partial charge on any atom is 0.263 e. The summed E-state index contributed by atoms with van der Waals surface area (Å²) in [4.78, 5) is 0. The lowest BCUT2D eigenvalue weighted by molar-refractivity contribution is 0.0636. The Bertz CT molecular complexity index is 249. The van der Waals surface area contributed by atoms with E-state index in [1.54, 1.807) is 0 Å². The first-order valence-electron chi connectivity index (χ1n) is 4.47. The predicted molar refractivity (Wildman–Crippen MR) is 46.2 cm³/mol. The quantitative estimate of drug-likeness (QED) is 0.699. The Balaban J connectivity index is 1.74. The fourth-order valence-corrected chi connectivity index (χ4v) is 1.48. The molecule has 1 aromatic rings. The van der Waals surface area contributed by atoms with E-state index in [0.717, 1.165) is 19.4 Å². The number of hydrogen-bond acceptors (Lipinski definition) is 5. The van der Waals surface area contributed by atoms with Gasteiger partial charge in [-0.25, -0.2) is 0 Å². The second-order valence-electron chi connectivity index (χ2n) is 3.26. The van der Waals surface area contributed by atoms with Crippen molar-refractivity contribution in [2.24, 2.45) is 0 Å². The average Bonchev–Trinajstić information content (AvgIpc) is 2.71. The Morgan fingerprint density at radius 1 is 1.62 bits per heavy atom. The maximum absolute atomic E-state index is 5.61. The van der Waals surface area contributed by atoms with Crippen LogP contribution in [0.4, 0.5) is 5.95 Å². The normalized spacial score (nSPS) is 27.8. The standard InChI is InChI=1S/C7H13N5O/c1-5-2-3-6(13-5)4-8-7-9-11-12-10-7/h5-6H,2-4H2,1H3,(H2,8,9,10,11,12). The van der Waals surface area contributed by atoms with Crippen molar-refractivity contribution in [3.05, 3.63) is 0 Å². The van der Waals surface area contributed by atoms with Crippen LogP contribution in [0.2, 0.25) is 0 Å². The largest absolute Gasteiger partial charge is 0.373 e. The van der Waals surface area contributed by atoms with Gasteiger partial charge in [-0.1, -0.05) is 5.10 Å². The SMILES string of the molecule is CC1CCC(CNc2nn[nH]n2)O1. The van der Waals surface area contributed by atoms with Gasteiger partial charge in [0, 0.05) is 6.54 Å². The zero-order valence-corrected chi connectivity index (χ0v) is 7.53. The molecule has 0 aromatic carbocycles. The lowest BCUT2D eigenvalue weighted by Gasteiger charge is -2.10. The van der Waals surface area contributed by atoms with Crippen LogP contribution in [0.25, 0.3) is 0 Å². The highest BCUT2D eigenvalue weighted by atomic mass is 16.5. The van der Waals surface area contributed by atoms with Gasteiger partial charge in [0.05, 0.1) is 12.2 Å². The number of nitrogens with one attached hydrogen (secondary N) is 2. The monoisotopic (exact) mass is 183 g/mol. The molecule has 13 heavy (non-hydrogen) atoms. The first kappa shape index (κ1) is 8.43. The predicted octanol–water partition coefficient (Wildman–Crippen LogP) is 0.179. The van der Waals surface area contributed by atoms with E-state index in [1.165, 1.54) is 0 Å². The highest BCUT2D eigenvalue weighted by molar-refractivity contribution is 5.18. The number of H-pyrrole nitrogens is 1. The first-order chi connectivity index (χ1) is 6.34. The third-order valence-corrected chi connectivity index (χ3v) is 2.15. The Kier molecular flexibility index (Phi) is 2.40. The molecule has 0 bridgehead atoms. The van der Waals surface area contributed by atoms with E-state index in [0.29, 0.717) is 12.1 Å². The van der Waals surface area contributed by atoms with Gasteiger partial charge in [0.25, 0.3) is 5.95 Å². The molecule has 1 aliphatic heterocycles. The number of ether oxygens (including phenoxy) is 1. The second kappa shape index (κ2) is 3.69. The molecule has 2 rings (SSSR count). The van der Waals surface area contributed by atoms with Crippen molar-refractivity contribution in [2.45, 2.75) is 32.0 Å². The zero-order chi connectivity index (χ0) is 9.10. The highest BCUT2D eigenvalue weighted by Gasteiger charge is 2.21. The molecule has 2 heterocycles. The number of nitrogens with zero attached hydrogens (tertiary/aromatic N) is 3. The number of aromatic nitrogens is 4. The maximum atomic E-state index is 5.61. The minimum Gasteiger partial charge on any atom is -0.373 e. The molecule has 2 N–H and O–H groups in total. The van der Waals surface area contributed by atoms with Crippen molar-refractivity contribution in [1.29, 1.82) is 0 Å². The molecule has 0 aliphatic carbocycles. The van der Waals surface area contributed by atoms with Gasteiger partial charge < -0.3 is 10.1 Å². The van der Waals surface area contributed by atoms with Crippen molar-refractivity contribution < 1.29 is 4.74 Å². The molecule has 0 amide bonds. The number of tetrazole rings is 1. The van der Waals surface area contributed by atoms with Crippen molar-refractivity contribution in [3.63, 3.8) is 0 Å². The number of rotatable bonds is 3. The Morgan fingerprint density at radius 2 is 2.54 bits per heavy atom. The molecule has 0 saturated carbocycles. The molecule has 1 aromatic heterocycles.